The predicted molar refractivity (Wildman–Crippen MR) is 107 cm³/mol. The molecule has 0 aromatic rings. The highest BCUT2D eigenvalue weighted by molar-refractivity contribution is 5.93. The Bertz CT molecular complexity index is 711. The average Bonchev–Trinajstić information content (AvgIpc) is 2.60. The summed E-state index contributed by atoms with van der Waals surface area (Å²) >= 11 is 0. The number of amides is 2. The molecule has 0 aromatic carbocycles. The minimum absolute atomic E-state index is 0.209. The van der Waals surface area contributed by atoms with Gasteiger partial charge in [0.1, 0.15) is 12.1 Å². The highest BCUT2D eigenvalue weighted by Gasteiger charge is 2.30. The zero-order valence-electron chi connectivity index (χ0n) is 17.2. The van der Waals surface area contributed by atoms with E-state index < -0.39 is 23.3 Å². The molecule has 7 heteroatoms. The zero-order chi connectivity index (χ0) is 21.3. The number of nitrogens with two attached hydrogens (primary N) is 1. The second-order valence-corrected chi connectivity index (χ2v) is 7.65. The Morgan fingerprint density at radius 1 is 1.36 bits per heavy atom. The third-order valence-corrected chi connectivity index (χ3v) is 4.12. The normalized spacial score (nSPS) is 19.3. The molecule has 0 spiro atoms. The van der Waals surface area contributed by atoms with E-state index in [0.29, 0.717) is 12.8 Å². The maximum absolute atomic E-state index is 11.9. The van der Waals surface area contributed by atoms with E-state index >= 15 is 0 Å². The molecule has 154 valence electrons. The predicted octanol–water partition coefficient (Wildman–Crippen LogP) is 2.30. The van der Waals surface area contributed by atoms with E-state index in [9.17, 15) is 14.4 Å². The molecule has 1 rings (SSSR count). The van der Waals surface area contributed by atoms with Crippen LogP contribution >= 0.6 is 0 Å². The smallest absolute Gasteiger partial charge is 0.373 e. The van der Waals surface area contributed by atoms with Crippen LogP contribution in [0.5, 0.6) is 0 Å². The maximum Gasteiger partial charge on any atom is 0.373 e. The fourth-order valence-electron chi connectivity index (χ4n) is 2.53. The van der Waals surface area contributed by atoms with Crippen LogP contribution in [0.15, 0.2) is 47.8 Å². The number of nitrogens with one attached hydrogen (secondary N) is 1. The van der Waals surface area contributed by atoms with Crippen molar-refractivity contribution >= 4 is 17.8 Å². The number of carbonyl (C=O) groups is 3. The number of ether oxygens (including phenoxy) is 2. The van der Waals surface area contributed by atoms with Crippen molar-refractivity contribution in [3.8, 4) is 0 Å². The van der Waals surface area contributed by atoms with Gasteiger partial charge in [-0.1, -0.05) is 50.6 Å². The van der Waals surface area contributed by atoms with Crippen LogP contribution in [0.1, 0.15) is 40.5 Å². The third kappa shape index (κ3) is 7.82. The number of hydrogen-bond acceptors (Lipinski definition) is 5. The highest BCUT2D eigenvalue weighted by atomic mass is 16.6. The number of cyclic esters (lactones) is 1. The van der Waals surface area contributed by atoms with Gasteiger partial charge in [-0.2, -0.15) is 0 Å². The minimum atomic E-state index is -0.749. The lowest BCUT2D eigenvalue weighted by molar-refractivity contribution is -0.149. The van der Waals surface area contributed by atoms with Crippen LogP contribution in [-0.2, 0) is 23.9 Å². The van der Waals surface area contributed by atoms with E-state index in [2.05, 4.69) is 5.32 Å². The zero-order valence-corrected chi connectivity index (χ0v) is 17.2. The highest BCUT2D eigenvalue weighted by Crippen LogP contribution is 2.19. The quantitative estimate of drug-likeness (QED) is 0.376. The van der Waals surface area contributed by atoms with Gasteiger partial charge in [-0.15, -0.1) is 0 Å². The van der Waals surface area contributed by atoms with Gasteiger partial charge in [0, 0.05) is 18.9 Å². The van der Waals surface area contributed by atoms with Gasteiger partial charge in [-0.05, 0) is 18.4 Å². The number of hydrogen-bond donors (Lipinski definition) is 2. The lowest BCUT2D eigenvalue weighted by Crippen LogP contribution is -2.51. The van der Waals surface area contributed by atoms with E-state index in [0.717, 1.165) is 5.57 Å². The lowest BCUT2D eigenvalue weighted by Gasteiger charge is -2.28. The Morgan fingerprint density at radius 3 is 2.54 bits per heavy atom. The molecule has 0 radical (unpaired) electrons. The molecule has 2 amide bonds. The van der Waals surface area contributed by atoms with Crippen LogP contribution in [0.4, 0.5) is 0 Å². The molecule has 0 aromatic heterocycles. The van der Waals surface area contributed by atoms with Crippen molar-refractivity contribution in [3.05, 3.63) is 47.8 Å². The van der Waals surface area contributed by atoms with Crippen molar-refractivity contribution in [2.45, 2.75) is 52.7 Å². The van der Waals surface area contributed by atoms with Crippen molar-refractivity contribution in [2.24, 2.45) is 11.1 Å². The summed E-state index contributed by atoms with van der Waals surface area (Å²) in [5.74, 6) is -1.16. The van der Waals surface area contributed by atoms with Gasteiger partial charge in [-0.25, -0.2) is 4.79 Å². The van der Waals surface area contributed by atoms with Crippen LogP contribution in [-0.4, -0.2) is 37.0 Å². The standard InChI is InChI=1S/C21H30N2O5/c1-14(10-11-15-12-13-16(27-5)20(26)28-15)8-6-7-9-17(24)23-18(19(22)25)21(2,3)4/h6-10,13,15,18H,11-12H2,1-5H3,(H2,22,25)(H,23,24)/b8-6-,9-7-,14-10+/t15-,18?/m1/s1. The summed E-state index contributed by atoms with van der Waals surface area (Å²) < 4.78 is 10.2. The van der Waals surface area contributed by atoms with Gasteiger partial charge < -0.3 is 20.5 Å². The Kier molecular flexibility index (Phi) is 8.70. The molecule has 2 atom stereocenters. The summed E-state index contributed by atoms with van der Waals surface area (Å²) in [6.07, 6.45) is 11.2. The van der Waals surface area contributed by atoms with E-state index in [1.165, 1.54) is 13.2 Å². The van der Waals surface area contributed by atoms with Gasteiger partial charge in [0.15, 0.2) is 5.76 Å². The van der Waals surface area contributed by atoms with Crippen molar-refractivity contribution < 1.29 is 23.9 Å². The van der Waals surface area contributed by atoms with Crippen molar-refractivity contribution in [2.75, 3.05) is 7.11 Å². The number of allylic oxidation sites excluding steroid dienone is 4. The first-order valence-corrected chi connectivity index (χ1v) is 9.11. The molecule has 1 aliphatic heterocycles. The number of rotatable bonds is 8. The Morgan fingerprint density at radius 2 is 2.00 bits per heavy atom. The van der Waals surface area contributed by atoms with E-state index in [1.54, 1.807) is 18.2 Å². The molecule has 1 aliphatic rings. The van der Waals surface area contributed by atoms with Crippen LogP contribution < -0.4 is 11.1 Å². The minimum Gasteiger partial charge on any atom is -0.490 e. The molecular weight excluding hydrogens is 360 g/mol. The van der Waals surface area contributed by atoms with E-state index in [4.69, 9.17) is 15.2 Å². The molecular formula is C21H30N2O5. The monoisotopic (exact) mass is 390 g/mol. The largest absolute Gasteiger partial charge is 0.490 e. The summed E-state index contributed by atoms with van der Waals surface area (Å²) in [5.41, 5.74) is 5.84. The van der Waals surface area contributed by atoms with Gasteiger partial charge in [0.2, 0.25) is 11.8 Å². The molecule has 1 unspecified atom stereocenters. The van der Waals surface area contributed by atoms with Gasteiger partial charge >= 0.3 is 5.97 Å². The Hall–Kier alpha value is -2.83. The topological polar surface area (TPSA) is 108 Å². The second-order valence-electron chi connectivity index (χ2n) is 7.65. The van der Waals surface area contributed by atoms with Crippen molar-refractivity contribution in [3.63, 3.8) is 0 Å². The molecule has 0 saturated heterocycles. The van der Waals surface area contributed by atoms with E-state index in [1.807, 2.05) is 39.8 Å². The van der Waals surface area contributed by atoms with Crippen LogP contribution in [0.2, 0.25) is 0 Å². The number of methoxy groups -OCH3 is 1. The molecule has 0 saturated carbocycles. The lowest BCUT2D eigenvalue weighted by atomic mass is 9.86. The van der Waals surface area contributed by atoms with Gasteiger partial charge in [0.05, 0.1) is 7.11 Å². The van der Waals surface area contributed by atoms with Crippen molar-refractivity contribution in [1.29, 1.82) is 0 Å². The molecule has 7 nitrogen and oxygen atoms in total. The molecule has 0 fully saturated rings. The molecule has 1 heterocycles. The number of esters is 1. The van der Waals surface area contributed by atoms with Crippen LogP contribution in [0, 0.1) is 5.41 Å². The van der Waals surface area contributed by atoms with Crippen LogP contribution in [0.3, 0.4) is 0 Å². The molecule has 28 heavy (non-hydrogen) atoms. The first kappa shape index (κ1) is 23.2. The second kappa shape index (κ2) is 10.5. The summed E-state index contributed by atoms with van der Waals surface area (Å²) in [6.45, 7) is 7.40. The first-order valence-electron chi connectivity index (χ1n) is 9.11. The summed E-state index contributed by atoms with van der Waals surface area (Å²) in [4.78, 5) is 35.0. The maximum atomic E-state index is 11.9. The fraction of sp³-hybridized carbons (Fsp3) is 0.476. The summed E-state index contributed by atoms with van der Waals surface area (Å²) in [6, 6.07) is -0.749. The molecule has 0 aliphatic carbocycles. The summed E-state index contributed by atoms with van der Waals surface area (Å²) in [7, 11) is 1.44. The summed E-state index contributed by atoms with van der Waals surface area (Å²) in [5, 5.41) is 2.61. The fourth-order valence-corrected chi connectivity index (χ4v) is 2.53. The van der Waals surface area contributed by atoms with Gasteiger partial charge in [0.25, 0.3) is 0 Å². The number of carbonyl (C=O) groups excluding carboxylic acids is 3. The van der Waals surface area contributed by atoms with E-state index in [-0.39, 0.29) is 17.8 Å². The van der Waals surface area contributed by atoms with Gasteiger partial charge in [-0.3, -0.25) is 9.59 Å². The Balaban J connectivity index is 2.52. The molecule has 0 bridgehead atoms. The first-order chi connectivity index (χ1) is 13.0. The molecule has 3 N–H and O–H groups in total. The van der Waals surface area contributed by atoms with Crippen LogP contribution in [0.25, 0.3) is 0 Å². The SMILES string of the molecule is COC1=CC[C@@H](C/C=C(C)/C=C\C=C/C(=O)NC(C(N)=O)C(C)(C)C)OC1=O. The average molecular weight is 390 g/mol. The Labute approximate surface area is 166 Å². The van der Waals surface area contributed by atoms with Crippen molar-refractivity contribution in [1.82, 2.24) is 5.32 Å². The number of primary amides is 1. The third-order valence-electron chi connectivity index (χ3n) is 4.12.